The summed E-state index contributed by atoms with van der Waals surface area (Å²) in [6, 6.07) is 7.68. The van der Waals surface area contributed by atoms with Crippen LogP contribution in [0.4, 0.5) is 0 Å². The van der Waals surface area contributed by atoms with Crippen LogP contribution in [0.2, 0.25) is 0 Å². The fraction of sp³-hybridized carbons (Fsp3) is 0.364. The fourth-order valence-electron chi connectivity index (χ4n) is 1.64. The van der Waals surface area contributed by atoms with Crippen LogP contribution in [0.15, 0.2) is 24.3 Å². The second-order valence-electron chi connectivity index (χ2n) is 3.27. The maximum absolute atomic E-state index is 5.21. The lowest BCUT2D eigenvalue weighted by Gasteiger charge is -2.25. The quantitative estimate of drug-likeness (QED) is 0.798. The predicted octanol–water partition coefficient (Wildman–Crippen LogP) is 1.61. The van der Waals surface area contributed by atoms with E-state index in [0.717, 1.165) is 11.0 Å². The molecule has 0 spiro atoms. The SMILES string of the molecule is COC(OC)(OC)c1nc2ccccc2[nH]1. The van der Waals surface area contributed by atoms with Crippen LogP contribution in [0.3, 0.4) is 0 Å². The van der Waals surface area contributed by atoms with Crippen molar-refractivity contribution in [3.8, 4) is 0 Å². The minimum atomic E-state index is -1.28. The molecule has 0 bridgehead atoms. The number of imidazole rings is 1. The molecule has 0 atom stereocenters. The zero-order valence-corrected chi connectivity index (χ0v) is 9.48. The topological polar surface area (TPSA) is 56.4 Å². The Bertz CT molecular complexity index is 436. The number of nitrogens with one attached hydrogen (secondary N) is 1. The van der Waals surface area contributed by atoms with Crippen LogP contribution in [-0.4, -0.2) is 31.3 Å². The molecule has 2 rings (SSSR count). The molecule has 5 heteroatoms. The molecule has 0 aliphatic carbocycles. The molecule has 0 unspecified atom stereocenters. The number of H-pyrrole nitrogens is 1. The smallest absolute Gasteiger partial charge is 0.335 e. The Morgan fingerprint density at radius 2 is 1.69 bits per heavy atom. The fourth-order valence-corrected chi connectivity index (χ4v) is 1.64. The molecule has 5 nitrogen and oxygen atoms in total. The van der Waals surface area contributed by atoms with Crippen LogP contribution in [0.25, 0.3) is 11.0 Å². The largest absolute Gasteiger partial charge is 0.345 e. The van der Waals surface area contributed by atoms with E-state index in [4.69, 9.17) is 14.2 Å². The van der Waals surface area contributed by atoms with Gasteiger partial charge in [-0.2, -0.15) is 0 Å². The molecule has 0 aliphatic heterocycles. The van der Waals surface area contributed by atoms with Crippen molar-refractivity contribution in [2.75, 3.05) is 21.3 Å². The zero-order chi connectivity index (χ0) is 11.6. The van der Waals surface area contributed by atoms with Gasteiger partial charge in [-0.3, -0.25) is 0 Å². The Balaban J connectivity index is 2.53. The summed E-state index contributed by atoms with van der Waals surface area (Å²) in [5.41, 5.74) is 1.75. The summed E-state index contributed by atoms with van der Waals surface area (Å²) >= 11 is 0. The van der Waals surface area contributed by atoms with Gasteiger partial charge in [0.1, 0.15) is 0 Å². The lowest BCUT2D eigenvalue weighted by Crippen LogP contribution is -2.34. The van der Waals surface area contributed by atoms with Crippen molar-refractivity contribution < 1.29 is 14.2 Å². The minimum absolute atomic E-state index is 0.487. The van der Waals surface area contributed by atoms with E-state index in [2.05, 4.69) is 9.97 Å². The van der Waals surface area contributed by atoms with E-state index in [1.807, 2.05) is 24.3 Å². The van der Waals surface area contributed by atoms with E-state index in [1.165, 1.54) is 21.3 Å². The minimum Gasteiger partial charge on any atom is -0.335 e. The molecular weight excluding hydrogens is 208 g/mol. The van der Waals surface area contributed by atoms with Gasteiger partial charge in [0.25, 0.3) is 0 Å². The van der Waals surface area contributed by atoms with Gasteiger partial charge in [0.05, 0.1) is 11.0 Å². The number of ether oxygens (including phenoxy) is 3. The Morgan fingerprint density at radius 1 is 1.06 bits per heavy atom. The van der Waals surface area contributed by atoms with Gasteiger partial charge >= 0.3 is 5.97 Å². The van der Waals surface area contributed by atoms with Gasteiger partial charge in [0, 0.05) is 21.3 Å². The third-order valence-corrected chi connectivity index (χ3v) is 2.49. The van der Waals surface area contributed by atoms with E-state index in [9.17, 15) is 0 Å². The summed E-state index contributed by atoms with van der Waals surface area (Å²) in [5, 5.41) is 0. The second kappa shape index (κ2) is 4.21. The normalized spacial score (nSPS) is 12.2. The number of hydrogen-bond acceptors (Lipinski definition) is 4. The highest BCUT2D eigenvalue weighted by Crippen LogP contribution is 2.26. The van der Waals surface area contributed by atoms with E-state index in [1.54, 1.807) is 0 Å². The maximum atomic E-state index is 5.21. The molecule has 0 amide bonds. The van der Waals surface area contributed by atoms with Crippen LogP contribution in [0, 0.1) is 0 Å². The number of methoxy groups -OCH3 is 3. The Labute approximate surface area is 93.3 Å². The summed E-state index contributed by atoms with van der Waals surface area (Å²) in [4.78, 5) is 7.47. The van der Waals surface area contributed by atoms with Crippen LogP contribution in [0.5, 0.6) is 0 Å². The standard InChI is InChI=1S/C11H14N2O3/c1-14-11(15-2,16-3)10-12-8-6-4-5-7-9(8)13-10/h4-7H,1-3H3,(H,12,13). The van der Waals surface area contributed by atoms with Crippen molar-refractivity contribution >= 4 is 11.0 Å². The average Bonchev–Trinajstić information content (AvgIpc) is 2.76. The summed E-state index contributed by atoms with van der Waals surface area (Å²) < 4.78 is 15.6. The first kappa shape index (κ1) is 11.1. The van der Waals surface area contributed by atoms with Gasteiger partial charge in [0.15, 0.2) is 5.82 Å². The van der Waals surface area contributed by atoms with E-state index < -0.39 is 5.97 Å². The predicted molar refractivity (Wildman–Crippen MR) is 58.8 cm³/mol. The van der Waals surface area contributed by atoms with Gasteiger partial charge in [-0.25, -0.2) is 4.98 Å². The zero-order valence-electron chi connectivity index (χ0n) is 9.48. The Morgan fingerprint density at radius 3 is 2.25 bits per heavy atom. The number of benzene rings is 1. The van der Waals surface area contributed by atoms with Gasteiger partial charge in [-0.1, -0.05) is 12.1 Å². The molecule has 1 aromatic carbocycles. The first-order chi connectivity index (χ1) is 7.75. The summed E-state index contributed by atoms with van der Waals surface area (Å²) in [5.74, 6) is -0.792. The molecule has 86 valence electrons. The van der Waals surface area contributed by atoms with Gasteiger partial charge in [0.2, 0.25) is 0 Å². The van der Waals surface area contributed by atoms with Gasteiger partial charge < -0.3 is 19.2 Å². The summed E-state index contributed by atoms with van der Waals surface area (Å²) in [6.45, 7) is 0. The Kier molecular flexibility index (Phi) is 2.91. The molecule has 0 radical (unpaired) electrons. The highest BCUT2D eigenvalue weighted by Gasteiger charge is 2.36. The van der Waals surface area contributed by atoms with Crippen molar-refractivity contribution in [1.29, 1.82) is 0 Å². The van der Waals surface area contributed by atoms with Crippen molar-refractivity contribution in [3.05, 3.63) is 30.1 Å². The molecule has 0 aliphatic rings. The van der Waals surface area contributed by atoms with E-state index >= 15 is 0 Å². The van der Waals surface area contributed by atoms with Crippen molar-refractivity contribution in [2.24, 2.45) is 0 Å². The van der Waals surface area contributed by atoms with Crippen molar-refractivity contribution in [3.63, 3.8) is 0 Å². The van der Waals surface area contributed by atoms with Gasteiger partial charge in [-0.05, 0) is 12.1 Å². The van der Waals surface area contributed by atoms with Gasteiger partial charge in [-0.15, -0.1) is 0 Å². The number of nitrogens with zero attached hydrogens (tertiary/aromatic N) is 1. The molecule has 0 saturated heterocycles. The summed E-state index contributed by atoms with van der Waals surface area (Å²) in [6.07, 6.45) is 0. The first-order valence-electron chi connectivity index (χ1n) is 4.86. The summed E-state index contributed by atoms with van der Waals surface area (Å²) in [7, 11) is 4.50. The third-order valence-electron chi connectivity index (χ3n) is 2.49. The van der Waals surface area contributed by atoms with E-state index in [0.29, 0.717) is 5.82 Å². The van der Waals surface area contributed by atoms with E-state index in [-0.39, 0.29) is 0 Å². The van der Waals surface area contributed by atoms with Crippen molar-refractivity contribution in [1.82, 2.24) is 9.97 Å². The molecule has 1 heterocycles. The maximum Gasteiger partial charge on any atom is 0.345 e. The van der Waals surface area contributed by atoms with Crippen LogP contribution in [0.1, 0.15) is 5.82 Å². The monoisotopic (exact) mass is 222 g/mol. The molecule has 16 heavy (non-hydrogen) atoms. The second-order valence-corrected chi connectivity index (χ2v) is 3.27. The highest BCUT2D eigenvalue weighted by molar-refractivity contribution is 5.74. The number of hydrogen-bond donors (Lipinski definition) is 1. The molecule has 0 fully saturated rings. The van der Waals surface area contributed by atoms with Crippen LogP contribution in [-0.2, 0) is 20.2 Å². The van der Waals surface area contributed by atoms with Crippen LogP contribution < -0.4 is 0 Å². The average molecular weight is 222 g/mol. The molecule has 0 saturated carbocycles. The molecule has 2 aromatic rings. The Hall–Kier alpha value is -1.43. The number of fused-ring (bicyclic) bond motifs is 1. The van der Waals surface area contributed by atoms with Crippen molar-refractivity contribution in [2.45, 2.75) is 5.97 Å². The first-order valence-corrected chi connectivity index (χ1v) is 4.86. The number of aromatic amines is 1. The molecule has 1 aromatic heterocycles. The lowest BCUT2D eigenvalue weighted by molar-refractivity contribution is -0.368. The third kappa shape index (κ3) is 1.59. The number of para-hydroxylation sites is 2. The van der Waals surface area contributed by atoms with Crippen LogP contribution >= 0.6 is 0 Å². The number of aromatic nitrogens is 2. The molecule has 1 N–H and O–H groups in total. The highest BCUT2D eigenvalue weighted by atomic mass is 16.9. The molecular formula is C11H14N2O3. The lowest BCUT2D eigenvalue weighted by atomic mass is 10.3. The number of rotatable bonds is 4.